The average Bonchev–Trinajstić information content (AvgIpc) is 3.05. The number of anilines is 1. The third-order valence-corrected chi connectivity index (χ3v) is 4.66. The Bertz CT molecular complexity index is 986. The second-order valence-corrected chi connectivity index (χ2v) is 6.83. The van der Waals surface area contributed by atoms with E-state index in [9.17, 15) is 9.59 Å². The van der Waals surface area contributed by atoms with Crippen LogP contribution in [0.2, 0.25) is 0 Å². The molecule has 0 unspecified atom stereocenters. The van der Waals surface area contributed by atoms with Gasteiger partial charge in [0.05, 0.1) is 12.5 Å². The molecule has 0 aliphatic rings. The number of carbonyl (C=O) groups excluding carboxylic acids is 2. The molecule has 0 saturated carbocycles. The molecule has 0 aliphatic carbocycles. The number of Topliss-reactive ketones (excluding diaryl/α,β-unsaturated/α-hetero) is 1. The van der Waals surface area contributed by atoms with Gasteiger partial charge in [0.2, 0.25) is 5.91 Å². The Labute approximate surface area is 152 Å². The standard InChI is InChI=1S/C21H22N2O3/c1-13(24)14-6-5-7-15(10-14)23-20(25)21(2,3)18-12-22-19-9-8-16(26-4)11-17(18)19/h5-12,22H,1-4H3,(H,23,25). The molecule has 3 aromatic rings. The van der Waals surface area contributed by atoms with E-state index in [1.165, 1.54) is 6.92 Å². The molecule has 2 aromatic carbocycles. The van der Waals surface area contributed by atoms with Crippen LogP contribution >= 0.6 is 0 Å². The fraction of sp³-hybridized carbons (Fsp3) is 0.238. The summed E-state index contributed by atoms with van der Waals surface area (Å²) in [6, 6.07) is 12.7. The van der Waals surface area contributed by atoms with Gasteiger partial charge in [0.15, 0.2) is 5.78 Å². The molecule has 26 heavy (non-hydrogen) atoms. The van der Waals surface area contributed by atoms with E-state index in [0.29, 0.717) is 11.3 Å². The van der Waals surface area contributed by atoms with Gasteiger partial charge >= 0.3 is 0 Å². The molecule has 0 bridgehead atoms. The first-order valence-electron chi connectivity index (χ1n) is 8.41. The third-order valence-electron chi connectivity index (χ3n) is 4.66. The van der Waals surface area contributed by atoms with Crippen molar-refractivity contribution < 1.29 is 14.3 Å². The van der Waals surface area contributed by atoms with Crippen LogP contribution in [-0.2, 0) is 10.2 Å². The number of rotatable bonds is 5. The molecule has 0 fully saturated rings. The summed E-state index contributed by atoms with van der Waals surface area (Å²) in [5, 5.41) is 3.87. The van der Waals surface area contributed by atoms with Gasteiger partial charge in [-0.2, -0.15) is 0 Å². The van der Waals surface area contributed by atoms with Crippen molar-refractivity contribution in [2.75, 3.05) is 12.4 Å². The predicted molar refractivity (Wildman–Crippen MR) is 103 cm³/mol. The summed E-state index contributed by atoms with van der Waals surface area (Å²) in [6.45, 7) is 5.25. The van der Waals surface area contributed by atoms with E-state index in [1.807, 2.05) is 38.2 Å². The summed E-state index contributed by atoms with van der Waals surface area (Å²) in [4.78, 5) is 27.7. The van der Waals surface area contributed by atoms with Crippen LogP contribution in [0.5, 0.6) is 5.75 Å². The smallest absolute Gasteiger partial charge is 0.234 e. The highest BCUT2D eigenvalue weighted by Crippen LogP contribution is 2.33. The second-order valence-electron chi connectivity index (χ2n) is 6.83. The van der Waals surface area contributed by atoms with Gasteiger partial charge in [-0.25, -0.2) is 0 Å². The van der Waals surface area contributed by atoms with Gasteiger partial charge in [-0.15, -0.1) is 0 Å². The first-order valence-corrected chi connectivity index (χ1v) is 8.41. The maximum atomic E-state index is 13.0. The lowest BCUT2D eigenvalue weighted by Gasteiger charge is -2.23. The van der Waals surface area contributed by atoms with E-state index in [2.05, 4.69) is 10.3 Å². The average molecular weight is 350 g/mol. The molecular formula is C21H22N2O3. The maximum Gasteiger partial charge on any atom is 0.234 e. The van der Waals surface area contributed by atoms with E-state index in [1.54, 1.807) is 31.4 Å². The minimum absolute atomic E-state index is 0.0379. The van der Waals surface area contributed by atoms with E-state index < -0.39 is 5.41 Å². The molecule has 0 saturated heterocycles. The van der Waals surface area contributed by atoms with Crippen molar-refractivity contribution in [1.82, 2.24) is 4.98 Å². The minimum atomic E-state index is -0.781. The van der Waals surface area contributed by atoms with Gasteiger partial charge in [0.25, 0.3) is 0 Å². The van der Waals surface area contributed by atoms with Gasteiger partial charge in [0.1, 0.15) is 5.75 Å². The number of hydrogen-bond donors (Lipinski definition) is 2. The van der Waals surface area contributed by atoms with Crippen LogP contribution < -0.4 is 10.1 Å². The Balaban J connectivity index is 1.93. The van der Waals surface area contributed by atoms with Crippen molar-refractivity contribution in [2.45, 2.75) is 26.2 Å². The van der Waals surface area contributed by atoms with Gasteiger partial charge in [-0.1, -0.05) is 12.1 Å². The number of ether oxygens (including phenoxy) is 1. The molecule has 0 radical (unpaired) electrons. The molecule has 3 rings (SSSR count). The zero-order valence-corrected chi connectivity index (χ0v) is 15.3. The van der Waals surface area contributed by atoms with Crippen molar-refractivity contribution in [3.05, 3.63) is 59.8 Å². The molecule has 5 heteroatoms. The van der Waals surface area contributed by atoms with Crippen molar-refractivity contribution in [3.63, 3.8) is 0 Å². The molecule has 5 nitrogen and oxygen atoms in total. The van der Waals surface area contributed by atoms with E-state index in [-0.39, 0.29) is 11.7 Å². The molecule has 134 valence electrons. The first-order chi connectivity index (χ1) is 12.3. The SMILES string of the molecule is COc1ccc2[nH]cc(C(C)(C)C(=O)Nc3cccc(C(C)=O)c3)c2c1. The van der Waals surface area contributed by atoms with Crippen molar-refractivity contribution >= 4 is 28.3 Å². The number of ketones is 1. The summed E-state index contributed by atoms with van der Waals surface area (Å²) >= 11 is 0. The second kappa shape index (κ2) is 6.67. The van der Waals surface area contributed by atoms with Crippen molar-refractivity contribution in [3.8, 4) is 5.75 Å². The van der Waals surface area contributed by atoms with Crippen molar-refractivity contribution in [2.24, 2.45) is 0 Å². The van der Waals surface area contributed by atoms with Gasteiger partial charge in [0, 0.05) is 28.4 Å². The fourth-order valence-corrected chi connectivity index (χ4v) is 2.97. The maximum absolute atomic E-state index is 13.0. The summed E-state index contributed by atoms with van der Waals surface area (Å²) in [7, 11) is 1.62. The van der Waals surface area contributed by atoms with Gasteiger partial charge < -0.3 is 15.0 Å². The molecule has 2 N–H and O–H groups in total. The fourth-order valence-electron chi connectivity index (χ4n) is 2.97. The van der Waals surface area contributed by atoms with E-state index in [0.717, 1.165) is 22.2 Å². The number of carbonyl (C=O) groups is 2. The van der Waals surface area contributed by atoms with Gasteiger partial charge in [-0.05, 0) is 56.7 Å². The number of nitrogens with one attached hydrogen (secondary N) is 2. The molecule has 1 aromatic heterocycles. The monoisotopic (exact) mass is 350 g/mol. The first kappa shape index (κ1) is 17.7. The number of amides is 1. The summed E-state index contributed by atoms with van der Waals surface area (Å²) in [5.41, 5.74) is 2.22. The Morgan fingerprint density at radius 1 is 1.12 bits per heavy atom. The topological polar surface area (TPSA) is 71.2 Å². The predicted octanol–water partition coefficient (Wildman–Crippen LogP) is 4.30. The Hall–Kier alpha value is -3.08. The molecule has 1 amide bonds. The minimum Gasteiger partial charge on any atom is -0.497 e. The largest absolute Gasteiger partial charge is 0.497 e. The molecule has 1 heterocycles. The lowest BCUT2D eigenvalue weighted by Crippen LogP contribution is -2.34. The summed E-state index contributed by atoms with van der Waals surface area (Å²) in [6.07, 6.45) is 1.86. The van der Waals surface area contributed by atoms with Crippen molar-refractivity contribution in [1.29, 1.82) is 0 Å². The number of aromatic amines is 1. The Morgan fingerprint density at radius 2 is 1.88 bits per heavy atom. The van der Waals surface area contributed by atoms with Crippen LogP contribution in [0.3, 0.4) is 0 Å². The lowest BCUT2D eigenvalue weighted by atomic mass is 9.83. The van der Waals surface area contributed by atoms with E-state index >= 15 is 0 Å². The Morgan fingerprint density at radius 3 is 2.58 bits per heavy atom. The highest BCUT2D eigenvalue weighted by molar-refractivity contribution is 6.03. The Kier molecular flexibility index (Phi) is 4.55. The number of methoxy groups -OCH3 is 1. The van der Waals surface area contributed by atoms with Crippen LogP contribution in [0.4, 0.5) is 5.69 Å². The molecular weight excluding hydrogens is 328 g/mol. The zero-order valence-electron chi connectivity index (χ0n) is 15.3. The quantitative estimate of drug-likeness (QED) is 0.674. The lowest BCUT2D eigenvalue weighted by molar-refractivity contribution is -0.120. The number of benzene rings is 2. The third kappa shape index (κ3) is 3.20. The number of fused-ring (bicyclic) bond motifs is 1. The van der Waals surface area contributed by atoms with E-state index in [4.69, 9.17) is 4.74 Å². The number of H-pyrrole nitrogens is 1. The molecule has 0 aliphatic heterocycles. The van der Waals surface area contributed by atoms with Crippen LogP contribution in [0, 0.1) is 0 Å². The van der Waals surface area contributed by atoms with Gasteiger partial charge in [-0.3, -0.25) is 9.59 Å². The van der Waals surface area contributed by atoms with Crippen LogP contribution in [0.15, 0.2) is 48.7 Å². The normalized spacial score (nSPS) is 11.4. The number of aromatic nitrogens is 1. The van der Waals surface area contributed by atoms with Crippen LogP contribution in [-0.4, -0.2) is 23.8 Å². The van der Waals surface area contributed by atoms with Crippen LogP contribution in [0.25, 0.3) is 10.9 Å². The zero-order chi connectivity index (χ0) is 18.9. The summed E-state index contributed by atoms with van der Waals surface area (Å²) < 4.78 is 5.30. The number of hydrogen-bond acceptors (Lipinski definition) is 3. The highest BCUT2D eigenvalue weighted by Gasteiger charge is 2.32. The van der Waals surface area contributed by atoms with Crippen LogP contribution in [0.1, 0.15) is 36.7 Å². The highest BCUT2D eigenvalue weighted by atomic mass is 16.5. The summed E-state index contributed by atoms with van der Waals surface area (Å²) in [5.74, 6) is 0.551. The molecule has 0 spiro atoms. The molecule has 0 atom stereocenters.